The van der Waals surface area contributed by atoms with Gasteiger partial charge in [-0.2, -0.15) is 5.10 Å². The van der Waals surface area contributed by atoms with Crippen LogP contribution in [0.25, 0.3) is 0 Å². The average Bonchev–Trinajstić information content (AvgIpc) is 2.98. The van der Waals surface area contributed by atoms with Crippen LogP contribution in [0, 0.1) is 0 Å². The third-order valence-electron chi connectivity index (χ3n) is 4.98. The second kappa shape index (κ2) is 9.07. The van der Waals surface area contributed by atoms with Gasteiger partial charge in [0, 0.05) is 38.9 Å². The summed E-state index contributed by atoms with van der Waals surface area (Å²) in [6, 6.07) is 0.354. The Balaban J connectivity index is 0.00000225. The fourth-order valence-electron chi connectivity index (χ4n) is 3.38. The molecule has 0 bridgehead atoms. The third-order valence-corrected chi connectivity index (χ3v) is 4.98. The third kappa shape index (κ3) is 5.47. The van der Waals surface area contributed by atoms with E-state index in [2.05, 4.69) is 38.7 Å². The second-order valence-electron chi connectivity index (χ2n) is 7.07. The largest absolute Gasteiger partial charge is 0.388 e. The summed E-state index contributed by atoms with van der Waals surface area (Å²) in [4.78, 5) is 6.98. The van der Waals surface area contributed by atoms with Crippen LogP contribution in [0.5, 0.6) is 0 Å². The Bertz CT molecular complexity index is 571. The van der Waals surface area contributed by atoms with Crippen LogP contribution in [0.15, 0.2) is 17.4 Å². The number of aromatic nitrogens is 2. The van der Waals surface area contributed by atoms with Crippen molar-refractivity contribution in [2.24, 2.45) is 12.0 Å². The lowest BCUT2D eigenvalue weighted by Crippen LogP contribution is -2.52. The molecule has 7 nitrogen and oxygen atoms in total. The smallest absolute Gasteiger partial charge is 0.191 e. The van der Waals surface area contributed by atoms with E-state index in [-0.39, 0.29) is 24.0 Å². The summed E-state index contributed by atoms with van der Waals surface area (Å²) in [5.74, 6) is 0.816. The average molecular weight is 462 g/mol. The minimum atomic E-state index is -0.573. The van der Waals surface area contributed by atoms with Gasteiger partial charge < -0.3 is 20.6 Å². The van der Waals surface area contributed by atoms with Crippen LogP contribution in [0.3, 0.4) is 0 Å². The fraction of sp³-hybridized carbons (Fsp3) is 0.765. The van der Waals surface area contributed by atoms with Gasteiger partial charge in [0.05, 0.1) is 24.0 Å². The maximum atomic E-state index is 10.2. The molecule has 3 rings (SSSR count). The van der Waals surface area contributed by atoms with E-state index in [9.17, 15) is 5.11 Å². The van der Waals surface area contributed by atoms with Crippen molar-refractivity contribution in [3.05, 3.63) is 12.4 Å². The Kier molecular flexibility index (Phi) is 7.36. The minimum Gasteiger partial charge on any atom is -0.388 e. The van der Waals surface area contributed by atoms with Gasteiger partial charge in [-0.3, -0.25) is 9.67 Å². The van der Waals surface area contributed by atoms with Gasteiger partial charge >= 0.3 is 0 Å². The molecule has 2 heterocycles. The van der Waals surface area contributed by atoms with Gasteiger partial charge in [-0.05, 0) is 39.0 Å². The van der Waals surface area contributed by atoms with Crippen molar-refractivity contribution in [3.63, 3.8) is 0 Å². The number of halogens is 1. The molecule has 1 atom stereocenters. The van der Waals surface area contributed by atoms with Crippen LogP contribution < -0.4 is 15.5 Å². The van der Waals surface area contributed by atoms with Crippen LogP contribution in [0.4, 0.5) is 5.69 Å². The zero-order chi connectivity index (χ0) is 17.0. The summed E-state index contributed by atoms with van der Waals surface area (Å²) in [7, 11) is 1.95. The zero-order valence-electron chi connectivity index (χ0n) is 15.2. The van der Waals surface area contributed by atoms with E-state index in [0.29, 0.717) is 12.6 Å². The van der Waals surface area contributed by atoms with Gasteiger partial charge in [0.2, 0.25) is 0 Å². The Hall–Kier alpha value is -1.03. The van der Waals surface area contributed by atoms with E-state index in [1.807, 2.05) is 17.9 Å². The lowest BCUT2D eigenvalue weighted by molar-refractivity contribution is -0.0236. The highest BCUT2D eigenvalue weighted by atomic mass is 127. The molecule has 25 heavy (non-hydrogen) atoms. The molecular weight excluding hydrogens is 431 g/mol. The van der Waals surface area contributed by atoms with Crippen molar-refractivity contribution < 1.29 is 5.11 Å². The summed E-state index contributed by atoms with van der Waals surface area (Å²) in [5, 5.41) is 21.4. The molecule has 1 aliphatic carbocycles. The monoisotopic (exact) mass is 462 g/mol. The van der Waals surface area contributed by atoms with Crippen LogP contribution >= 0.6 is 24.0 Å². The molecule has 1 aromatic rings. The number of aliphatic imine (C=N–C) groups is 1. The van der Waals surface area contributed by atoms with Gasteiger partial charge in [0.25, 0.3) is 0 Å². The summed E-state index contributed by atoms with van der Waals surface area (Å²) in [5.41, 5.74) is 0.603. The fourth-order valence-corrected chi connectivity index (χ4v) is 3.38. The Morgan fingerprint density at radius 2 is 2.24 bits per heavy atom. The molecule has 3 N–H and O–H groups in total. The van der Waals surface area contributed by atoms with Gasteiger partial charge in [-0.15, -0.1) is 24.0 Å². The standard InChI is InChI=1S/C17H30N6O.HI/c1-3-18-16(19-13-17(24)7-5-8-17)21-14-6-4-9-23(11-14)15-10-20-22(2)12-15;/h10,12,14,24H,3-9,11,13H2,1-2H3,(H2,18,19,21);1H. The van der Waals surface area contributed by atoms with Gasteiger partial charge in [-0.25, -0.2) is 0 Å². The molecule has 0 radical (unpaired) electrons. The number of nitrogens with one attached hydrogen (secondary N) is 2. The van der Waals surface area contributed by atoms with Crippen molar-refractivity contribution in [1.29, 1.82) is 0 Å². The quantitative estimate of drug-likeness (QED) is 0.351. The summed E-state index contributed by atoms with van der Waals surface area (Å²) in [6.07, 6.45) is 9.11. The summed E-state index contributed by atoms with van der Waals surface area (Å²) in [6.45, 7) is 5.39. The number of hydrogen-bond acceptors (Lipinski definition) is 4. The number of guanidine groups is 1. The topological polar surface area (TPSA) is 77.7 Å². The first-order valence-corrected chi connectivity index (χ1v) is 9.09. The maximum absolute atomic E-state index is 10.2. The highest BCUT2D eigenvalue weighted by Gasteiger charge is 2.34. The normalized spacial score (nSPS) is 22.8. The van der Waals surface area contributed by atoms with E-state index in [4.69, 9.17) is 0 Å². The number of nitrogens with zero attached hydrogens (tertiary/aromatic N) is 4. The SMILES string of the molecule is CCNC(=NCC1(O)CCC1)NC1CCCN(c2cnn(C)c2)C1.I. The summed E-state index contributed by atoms with van der Waals surface area (Å²) >= 11 is 0. The van der Waals surface area contributed by atoms with Crippen molar-refractivity contribution in [2.45, 2.75) is 50.7 Å². The van der Waals surface area contributed by atoms with Gasteiger partial charge in [0.15, 0.2) is 5.96 Å². The molecule has 8 heteroatoms. The lowest BCUT2D eigenvalue weighted by atomic mass is 9.80. The number of rotatable bonds is 5. The van der Waals surface area contributed by atoms with Crippen molar-refractivity contribution in [2.75, 3.05) is 31.1 Å². The predicted molar refractivity (Wildman–Crippen MR) is 112 cm³/mol. The molecule has 1 unspecified atom stereocenters. The highest BCUT2D eigenvalue weighted by molar-refractivity contribution is 14.0. The van der Waals surface area contributed by atoms with Crippen LogP contribution in [0.2, 0.25) is 0 Å². The van der Waals surface area contributed by atoms with Crippen LogP contribution in [-0.2, 0) is 7.05 Å². The predicted octanol–water partition coefficient (Wildman–Crippen LogP) is 1.48. The van der Waals surface area contributed by atoms with Gasteiger partial charge in [-0.1, -0.05) is 0 Å². The van der Waals surface area contributed by atoms with Gasteiger partial charge in [0.1, 0.15) is 0 Å². The van der Waals surface area contributed by atoms with Crippen LogP contribution in [0.1, 0.15) is 39.0 Å². The minimum absolute atomic E-state index is 0. The molecule has 0 aromatic carbocycles. The first-order chi connectivity index (χ1) is 11.6. The number of piperidine rings is 1. The van der Waals surface area contributed by atoms with E-state index < -0.39 is 5.60 Å². The molecule has 0 spiro atoms. The Morgan fingerprint density at radius 1 is 1.44 bits per heavy atom. The van der Waals surface area contributed by atoms with Crippen molar-refractivity contribution in [3.8, 4) is 0 Å². The number of aliphatic hydroxyl groups is 1. The molecule has 1 aliphatic heterocycles. The summed E-state index contributed by atoms with van der Waals surface area (Å²) < 4.78 is 1.84. The first kappa shape index (κ1) is 20.3. The maximum Gasteiger partial charge on any atom is 0.191 e. The molecule has 2 fully saturated rings. The molecule has 2 aliphatic rings. The van der Waals surface area contributed by atoms with Crippen molar-refractivity contribution >= 4 is 35.6 Å². The first-order valence-electron chi connectivity index (χ1n) is 9.09. The molecule has 142 valence electrons. The molecule has 1 saturated carbocycles. The Morgan fingerprint density at radius 3 is 2.84 bits per heavy atom. The van der Waals surface area contributed by atoms with E-state index >= 15 is 0 Å². The van der Waals surface area contributed by atoms with E-state index in [0.717, 1.165) is 57.7 Å². The number of aryl methyl sites for hydroxylation is 1. The number of hydrogen-bond donors (Lipinski definition) is 3. The van der Waals surface area contributed by atoms with Crippen LogP contribution in [-0.4, -0.2) is 58.7 Å². The number of anilines is 1. The zero-order valence-corrected chi connectivity index (χ0v) is 17.6. The molecular formula is C17H31IN6O. The molecule has 1 saturated heterocycles. The lowest BCUT2D eigenvalue weighted by Gasteiger charge is -2.36. The van der Waals surface area contributed by atoms with E-state index in [1.165, 1.54) is 5.69 Å². The Labute approximate surface area is 167 Å². The van der Waals surface area contributed by atoms with E-state index in [1.54, 1.807) is 0 Å². The molecule has 0 amide bonds. The van der Waals surface area contributed by atoms with Crippen molar-refractivity contribution in [1.82, 2.24) is 20.4 Å². The molecule has 1 aromatic heterocycles. The second-order valence-corrected chi connectivity index (χ2v) is 7.07. The highest BCUT2D eigenvalue weighted by Crippen LogP contribution is 2.31.